The lowest BCUT2D eigenvalue weighted by Crippen LogP contribution is -1.83. The highest BCUT2D eigenvalue weighted by Crippen LogP contribution is 2.19. The number of aromatic nitrogens is 8. The van der Waals surface area contributed by atoms with E-state index >= 15 is 0 Å². The highest BCUT2D eigenvalue weighted by molar-refractivity contribution is 8.03. The summed E-state index contributed by atoms with van der Waals surface area (Å²) in [5.41, 5.74) is 2.58. The summed E-state index contributed by atoms with van der Waals surface area (Å²) in [6.07, 6.45) is 5.83. The molecule has 0 aliphatic rings. The molecule has 0 saturated heterocycles. The number of nitriles is 2. The molecule has 0 radical (unpaired) electrons. The number of imidazole rings is 2. The van der Waals surface area contributed by atoms with Crippen molar-refractivity contribution in [3.05, 3.63) is 30.5 Å². The minimum absolute atomic E-state index is 0.405. The summed E-state index contributed by atoms with van der Waals surface area (Å²) in [5, 5.41) is 20.0. The molecule has 4 aromatic heterocycles. The summed E-state index contributed by atoms with van der Waals surface area (Å²) >= 11 is 9.76. The van der Waals surface area contributed by atoms with Gasteiger partial charge in [-0.3, -0.25) is 0 Å². The highest BCUT2D eigenvalue weighted by Gasteiger charge is 2.04. The second-order valence-corrected chi connectivity index (χ2v) is 5.17. The minimum Gasteiger partial charge on any atom is -0.341 e. The lowest BCUT2D eigenvalue weighted by molar-refractivity contribution is 1.09. The number of hydrogen-bond acceptors (Lipinski definition) is 10. The first kappa shape index (κ1) is 18.4. The number of H-pyrrole nitrogens is 2. The maximum absolute atomic E-state index is 8.43. The van der Waals surface area contributed by atoms with Crippen molar-refractivity contribution in [2.24, 2.45) is 0 Å². The van der Waals surface area contributed by atoms with Gasteiger partial charge in [-0.05, 0) is 0 Å². The van der Waals surface area contributed by atoms with Gasteiger partial charge in [-0.15, -0.1) is 0 Å². The Labute approximate surface area is 155 Å². The van der Waals surface area contributed by atoms with E-state index in [0.29, 0.717) is 32.5 Å². The molecule has 0 spiro atoms. The Bertz CT molecular complexity index is 1050. The van der Waals surface area contributed by atoms with E-state index in [9.17, 15) is 0 Å². The van der Waals surface area contributed by atoms with Crippen LogP contribution in [-0.4, -0.2) is 39.9 Å². The lowest BCUT2D eigenvalue weighted by atomic mass is 10.6. The molecule has 0 aliphatic heterocycles. The summed E-state index contributed by atoms with van der Waals surface area (Å²) < 4.78 is 0. The van der Waals surface area contributed by atoms with Crippen LogP contribution in [0.2, 0.25) is 5.15 Å². The second kappa shape index (κ2) is 9.39. The van der Waals surface area contributed by atoms with Crippen LogP contribution in [0.5, 0.6) is 0 Å². The van der Waals surface area contributed by atoms with Crippen molar-refractivity contribution < 1.29 is 0 Å². The zero-order valence-electron chi connectivity index (χ0n) is 12.1. The fraction of sp³-hybridized carbons (Fsp3) is 0. The Morgan fingerprint density at radius 2 is 1.48 bits per heavy atom. The Hall–Kier alpha value is -2.93. The third-order valence-electron chi connectivity index (χ3n) is 2.51. The van der Waals surface area contributed by atoms with E-state index < -0.39 is 0 Å². The van der Waals surface area contributed by atoms with Gasteiger partial charge in [0.25, 0.3) is 0 Å². The molecule has 0 bridgehead atoms. The average molecular weight is 391 g/mol. The van der Waals surface area contributed by atoms with E-state index in [1.807, 2.05) is 5.40 Å². The van der Waals surface area contributed by atoms with E-state index in [4.69, 9.17) is 22.1 Å². The third kappa shape index (κ3) is 4.77. The van der Waals surface area contributed by atoms with Crippen molar-refractivity contribution in [3.8, 4) is 10.8 Å². The largest absolute Gasteiger partial charge is 0.341 e. The highest BCUT2D eigenvalue weighted by atomic mass is 35.5. The Kier molecular flexibility index (Phi) is 6.91. The molecular weight excluding hydrogens is 384 g/mol. The van der Waals surface area contributed by atoms with Gasteiger partial charge < -0.3 is 9.97 Å². The van der Waals surface area contributed by atoms with Crippen LogP contribution < -0.4 is 0 Å². The van der Waals surface area contributed by atoms with Crippen LogP contribution in [0.15, 0.2) is 30.3 Å². The number of thiocyanates is 2. The van der Waals surface area contributed by atoms with E-state index in [0.717, 1.165) is 11.8 Å². The van der Waals surface area contributed by atoms with E-state index in [1.165, 1.54) is 30.7 Å². The molecule has 0 aromatic carbocycles. The normalized spacial score (nSPS) is 9.28. The monoisotopic (exact) mass is 390 g/mol. The summed E-state index contributed by atoms with van der Waals surface area (Å²) in [7, 11) is 0. The molecule has 0 amide bonds. The van der Waals surface area contributed by atoms with Gasteiger partial charge >= 0.3 is 0 Å². The molecule has 0 unspecified atom stereocenters. The fourth-order valence-corrected chi connectivity index (χ4v) is 2.22. The first-order chi connectivity index (χ1) is 12.2. The summed E-state index contributed by atoms with van der Waals surface area (Å²) in [6.45, 7) is 0. The van der Waals surface area contributed by atoms with Crippen LogP contribution in [0.3, 0.4) is 0 Å². The average Bonchev–Trinajstić information content (AvgIpc) is 3.26. The Balaban J connectivity index is 0.000000158. The lowest BCUT2D eigenvalue weighted by Gasteiger charge is -1.91. The molecule has 25 heavy (non-hydrogen) atoms. The number of nitrogens with one attached hydrogen (secondary N) is 2. The van der Waals surface area contributed by atoms with Crippen LogP contribution >= 0.6 is 36.0 Å². The SMILES string of the molecule is Clc1ncnc2nc[nH]c12.N#CS.N#CSc1ncnc2nc[nH]c12. The van der Waals surface area contributed by atoms with Crippen molar-refractivity contribution in [1.82, 2.24) is 39.9 Å². The summed E-state index contributed by atoms with van der Waals surface area (Å²) in [6, 6.07) is 0. The molecule has 13 heteroatoms. The standard InChI is InChI=1S/C6H3N5S.C5H3ClN4.CHNS/c7-1-12-6-4-5(9-2-8-4)10-3-11-6;6-4-3-5(9-1-7-3)10-2-8-4;2-1-3/h2-3H,(H,8,9,10,11);1-2H,(H,7,8,9,10);3H. The minimum atomic E-state index is 0.405. The predicted molar refractivity (Wildman–Crippen MR) is 94.4 cm³/mol. The smallest absolute Gasteiger partial charge is 0.182 e. The summed E-state index contributed by atoms with van der Waals surface area (Å²) in [5.74, 6) is 0. The first-order valence-corrected chi connectivity index (χ1v) is 7.88. The molecule has 4 aromatic rings. The number of fused-ring (bicyclic) bond motifs is 2. The van der Waals surface area contributed by atoms with Gasteiger partial charge in [0.2, 0.25) is 0 Å². The van der Waals surface area contributed by atoms with Gasteiger partial charge in [-0.1, -0.05) is 24.2 Å². The number of thiol groups is 1. The number of aromatic amines is 2. The molecule has 0 aliphatic carbocycles. The molecular formula is C12H7ClN10S2. The number of thioether (sulfide) groups is 1. The first-order valence-electron chi connectivity index (χ1n) is 6.24. The third-order valence-corrected chi connectivity index (χ3v) is 3.39. The van der Waals surface area contributed by atoms with Crippen molar-refractivity contribution in [2.45, 2.75) is 5.03 Å². The van der Waals surface area contributed by atoms with E-state index in [2.05, 4.69) is 52.5 Å². The van der Waals surface area contributed by atoms with Crippen LogP contribution in [0, 0.1) is 21.3 Å². The van der Waals surface area contributed by atoms with Crippen molar-refractivity contribution in [1.29, 1.82) is 10.5 Å². The van der Waals surface area contributed by atoms with Gasteiger partial charge in [0, 0.05) is 11.8 Å². The van der Waals surface area contributed by atoms with Gasteiger partial charge in [-0.25, -0.2) is 29.9 Å². The zero-order valence-corrected chi connectivity index (χ0v) is 14.6. The van der Waals surface area contributed by atoms with Crippen molar-refractivity contribution in [3.63, 3.8) is 0 Å². The van der Waals surface area contributed by atoms with E-state index in [1.54, 1.807) is 0 Å². The number of rotatable bonds is 1. The predicted octanol–water partition coefficient (Wildman–Crippen LogP) is 2.33. The molecule has 4 rings (SSSR count). The molecule has 4 heterocycles. The zero-order chi connectivity index (χ0) is 18.1. The topological polar surface area (TPSA) is 156 Å². The number of hydrogen-bond donors (Lipinski definition) is 3. The Morgan fingerprint density at radius 3 is 2.08 bits per heavy atom. The van der Waals surface area contributed by atoms with Gasteiger partial charge in [0.05, 0.1) is 12.7 Å². The summed E-state index contributed by atoms with van der Waals surface area (Å²) in [4.78, 5) is 29.0. The van der Waals surface area contributed by atoms with Gasteiger partial charge in [0.1, 0.15) is 39.5 Å². The molecule has 0 atom stereocenters. The van der Waals surface area contributed by atoms with Crippen LogP contribution in [-0.2, 0) is 0 Å². The van der Waals surface area contributed by atoms with Crippen molar-refractivity contribution in [2.75, 3.05) is 0 Å². The van der Waals surface area contributed by atoms with Crippen LogP contribution in [0.25, 0.3) is 22.3 Å². The van der Waals surface area contributed by atoms with Gasteiger partial charge in [-0.2, -0.15) is 10.5 Å². The number of nitrogens with zero attached hydrogens (tertiary/aromatic N) is 8. The maximum Gasteiger partial charge on any atom is 0.182 e. The van der Waals surface area contributed by atoms with Crippen LogP contribution in [0.1, 0.15) is 0 Å². The molecule has 10 nitrogen and oxygen atoms in total. The van der Waals surface area contributed by atoms with Crippen molar-refractivity contribution >= 4 is 58.3 Å². The van der Waals surface area contributed by atoms with E-state index in [-0.39, 0.29) is 0 Å². The molecule has 2 N–H and O–H groups in total. The quantitative estimate of drug-likeness (QED) is 0.192. The maximum atomic E-state index is 8.43. The fourth-order valence-electron chi connectivity index (χ4n) is 1.60. The second-order valence-electron chi connectivity index (χ2n) is 3.84. The Morgan fingerprint density at radius 1 is 0.920 bits per heavy atom. The molecule has 0 fully saturated rings. The molecule has 0 saturated carbocycles. The van der Waals surface area contributed by atoms with Crippen LogP contribution in [0.4, 0.5) is 0 Å². The molecule has 124 valence electrons. The van der Waals surface area contributed by atoms with Gasteiger partial charge in [0.15, 0.2) is 16.4 Å². The number of halogens is 1.